The van der Waals surface area contributed by atoms with Crippen LogP contribution in [0.15, 0.2) is 23.1 Å². The number of rotatable bonds is 2. The smallest absolute Gasteiger partial charge is 0.243 e. The molecule has 1 fully saturated rings. The zero-order valence-corrected chi connectivity index (χ0v) is 12.2. The standard InChI is InChI=1S/C13H19FN2O2S/c1-9-4-5-12(6-13(9)14)19(17,18)16-7-10(2)15-11(3)8-16/h4-6,10-11,15H,7-8H2,1-3H3/t10-,11-/m1/s1. The third-order valence-corrected chi connectivity index (χ3v) is 5.13. The average molecular weight is 286 g/mol. The van der Waals surface area contributed by atoms with Crippen molar-refractivity contribution in [3.63, 3.8) is 0 Å². The van der Waals surface area contributed by atoms with Crippen molar-refractivity contribution in [2.24, 2.45) is 0 Å². The lowest BCUT2D eigenvalue weighted by Gasteiger charge is -2.35. The molecule has 1 saturated heterocycles. The summed E-state index contributed by atoms with van der Waals surface area (Å²) in [6.07, 6.45) is 0. The lowest BCUT2D eigenvalue weighted by atomic mass is 10.2. The second-order valence-electron chi connectivity index (χ2n) is 5.20. The summed E-state index contributed by atoms with van der Waals surface area (Å²) < 4.78 is 39.9. The van der Waals surface area contributed by atoms with Crippen molar-refractivity contribution >= 4 is 10.0 Å². The fraction of sp³-hybridized carbons (Fsp3) is 0.538. The molecular formula is C13H19FN2O2S. The minimum atomic E-state index is -3.61. The van der Waals surface area contributed by atoms with Crippen LogP contribution in [0.2, 0.25) is 0 Å². The molecule has 1 aromatic carbocycles. The van der Waals surface area contributed by atoms with Crippen molar-refractivity contribution in [3.05, 3.63) is 29.6 Å². The highest BCUT2D eigenvalue weighted by atomic mass is 32.2. The van der Waals surface area contributed by atoms with Gasteiger partial charge in [-0.25, -0.2) is 12.8 Å². The SMILES string of the molecule is Cc1ccc(S(=O)(=O)N2C[C@@H](C)N[C@H](C)C2)cc1F. The molecule has 1 aromatic rings. The number of halogens is 1. The Kier molecular flexibility index (Phi) is 3.94. The van der Waals surface area contributed by atoms with Gasteiger partial charge < -0.3 is 5.32 Å². The number of aryl methyl sites for hydroxylation is 1. The molecule has 0 spiro atoms. The van der Waals surface area contributed by atoms with Gasteiger partial charge >= 0.3 is 0 Å². The Morgan fingerprint density at radius 1 is 1.26 bits per heavy atom. The van der Waals surface area contributed by atoms with Crippen molar-refractivity contribution in [3.8, 4) is 0 Å². The van der Waals surface area contributed by atoms with Gasteiger partial charge in [-0.2, -0.15) is 4.31 Å². The van der Waals surface area contributed by atoms with E-state index in [4.69, 9.17) is 0 Å². The Morgan fingerprint density at radius 3 is 2.37 bits per heavy atom. The zero-order valence-electron chi connectivity index (χ0n) is 11.4. The second kappa shape index (κ2) is 5.19. The summed E-state index contributed by atoms with van der Waals surface area (Å²) in [4.78, 5) is 0.0249. The van der Waals surface area contributed by atoms with Crippen LogP contribution < -0.4 is 5.32 Å². The van der Waals surface area contributed by atoms with Crippen LogP contribution in [0.5, 0.6) is 0 Å². The maximum atomic E-state index is 13.5. The van der Waals surface area contributed by atoms with Gasteiger partial charge in [-0.1, -0.05) is 6.07 Å². The lowest BCUT2D eigenvalue weighted by Crippen LogP contribution is -2.55. The van der Waals surface area contributed by atoms with E-state index < -0.39 is 15.8 Å². The third-order valence-electron chi connectivity index (χ3n) is 3.31. The van der Waals surface area contributed by atoms with Crippen LogP contribution in [-0.2, 0) is 10.0 Å². The minimum absolute atomic E-state index is 0.0249. The van der Waals surface area contributed by atoms with Crippen LogP contribution in [0.1, 0.15) is 19.4 Å². The van der Waals surface area contributed by atoms with Gasteiger partial charge in [0.2, 0.25) is 10.0 Å². The maximum absolute atomic E-state index is 13.5. The van der Waals surface area contributed by atoms with Crippen LogP contribution in [0, 0.1) is 12.7 Å². The molecule has 0 aromatic heterocycles. The summed E-state index contributed by atoms with van der Waals surface area (Å²) in [6, 6.07) is 4.24. The maximum Gasteiger partial charge on any atom is 0.243 e. The highest BCUT2D eigenvalue weighted by Gasteiger charge is 2.31. The summed E-state index contributed by atoms with van der Waals surface area (Å²) in [6.45, 7) is 6.30. The fourth-order valence-corrected chi connectivity index (χ4v) is 3.99. The van der Waals surface area contributed by atoms with Crippen molar-refractivity contribution < 1.29 is 12.8 Å². The van der Waals surface area contributed by atoms with E-state index in [-0.39, 0.29) is 17.0 Å². The summed E-state index contributed by atoms with van der Waals surface area (Å²) in [5, 5.41) is 3.27. The summed E-state index contributed by atoms with van der Waals surface area (Å²) >= 11 is 0. The van der Waals surface area contributed by atoms with E-state index in [0.717, 1.165) is 6.07 Å². The minimum Gasteiger partial charge on any atom is -0.309 e. The van der Waals surface area contributed by atoms with Crippen LogP contribution in [0.25, 0.3) is 0 Å². The monoisotopic (exact) mass is 286 g/mol. The third kappa shape index (κ3) is 2.96. The van der Waals surface area contributed by atoms with Gasteiger partial charge in [-0.3, -0.25) is 0 Å². The summed E-state index contributed by atoms with van der Waals surface area (Å²) in [5.74, 6) is -0.489. The Morgan fingerprint density at radius 2 is 1.84 bits per heavy atom. The molecule has 0 saturated carbocycles. The van der Waals surface area contributed by atoms with Crippen molar-refractivity contribution in [2.75, 3.05) is 13.1 Å². The van der Waals surface area contributed by atoms with E-state index in [9.17, 15) is 12.8 Å². The lowest BCUT2D eigenvalue weighted by molar-refractivity contribution is 0.263. The normalized spacial score (nSPS) is 25.5. The molecule has 6 heteroatoms. The molecule has 4 nitrogen and oxygen atoms in total. The van der Waals surface area contributed by atoms with Crippen LogP contribution in [0.4, 0.5) is 4.39 Å². The number of sulfonamides is 1. The first kappa shape index (κ1) is 14.4. The van der Waals surface area contributed by atoms with E-state index in [1.165, 1.54) is 16.4 Å². The molecule has 0 aliphatic carbocycles. The molecule has 0 amide bonds. The van der Waals surface area contributed by atoms with Gasteiger partial charge in [0.05, 0.1) is 4.90 Å². The molecule has 106 valence electrons. The zero-order chi connectivity index (χ0) is 14.2. The van der Waals surface area contributed by atoms with Crippen LogP contribution >= 0.6 is 0 Å². The van der Waals surface area contributed by atoms with E-state index >= 15 is 0 Å². The number of nitrogens with one attached hydrogen (secondary N) is 1. The van der Waals surface area contributed by atoms with Crippen molar-refractivity contribution in [1.29, 1.82) is 0 Å². The van der Waals surface area contributed by atoms with Gasteiger partial charge in [0.1, 0.15) is 5.82 Å². The molecule has 2 atom stereocenters. The van der Waals surface area contributed by atoms with Crippen molar-refractivity contribution in [1.82, 2.24) is 9.62 Å². The quantitative estimate of drug-likeness (QED) is 0.896. The number of hydrogen-bond acceptors (Lipinski definition) is 3. The molecule has 2 rings (SSSR count). The number of benzene rings is 1. The molecule has 1 aliphatic heterocycles. The highest BCUT2D eigenvalue weighted by Crippen LogP contribution is 2.20. The molecule has 0 radical (unpaired) electrons. The van der Waals surface area contributed by atoms with Crippen molar-refractivity contribution in [2.45, 2.75) is 37.8 Å². The van der Waals surface area contributed by atoms with Gasteiger partial charge in [-0.05, 0) is 38.5 Å². The molecule has 1 aliphatic rings. The van der Waals surface area contributed by atoms with E-state index in [2.05, 4.69) is 5.32 Å². The molecule has 0 bridgehead atoms. The Hall–Kier alpha value is -0.980. The summed E-state index contributed by atoms with van der Waals surface area (Å²) in [7, 11) is -3.61. The Labute approximate surface area is 113 Å². The first-order valence-electron chi connectivity index (χ1n) is 6.33. The predicted octanol–water partition coefficient (Wildman–Crippen LogP) is 1.51. The van der Waals surface area contributed by atoms with Crippen LogP contribution in [-0.4, -0.2) is 37.9 Å². The Bertz CT molecular complexity index is 564. The van der Waals surface area contributed by atoms with Gasteiger partial charge in [-0.15, -0.1) is 0 Å². The molecular weight excluding hydrogens is 267 g/mol. The Balaban J connectivity index is 2.33. The topological polar surface area (TPSA) is 49.4 Å². The number of piperazine rings is 1. The van der Waals surface area contributed by atoms with Crippen LogP contribution in [0.3, 0.4) is 0 Å². The average Bonchev–Trinajstić information content (AvgIpc) is 2.31. The molecule has 19 heavy (non-hydrogen) atoms. The number of hydrogen-bond donors (Lipinski definition) is 1. The van der Waals surface area contributed by atoms with E-state index in [1.807, 2.05) is 13.8 Å². The molecule has 1 N–H and O–H groups in total. The largest absolute Gasteiger partial charge is 0.309 e. The highest BCUT2D eigenvalue weighted by molar-refractivity contribution is 7.89. The van der Waals surface area contributed by atoms with Gasteiger partial charge in [0.15, 0.2) is 0 Å². The molecule has 0 unspecified atom stereocenters. The van der Waals surface area contributed by atoms with E-state index in [1.54, 1.807) is 6.92 Å². The predicted molar refractivity (Wildman–Crippen MR) is 72.0 cm³/mol. The van der Waals surface area contributed by atoms with E-state index in [0.29, 0.717) is 18.7 Å². The van der Waals surface area contributed by atoms with Gasteiger partial charge in [0, 0.05) is 25.2 Å². The first-order chi connectivity index (χ1) is 8.80. The molecule has 1 heterocycles. The summed E-state index contributed by atoms with van der Waals surface area (Å²) in [5.41, 5.74) is 0.445. The fourth-order valence-electron chi connectivity index (χ4n) is 2.36. The number of nitrogens with zero attached hydrogens (tertiary/aromatic N) is 1. The second-order valence-corrected chi connectivity index (χ2v) is 7.14. The van der Waals surface area contributed by atoms with Gasteiger partial charge in [0.25, 0.3) is 0 Å². The first-order valence-corrected chi connectivity index (χ1v) is 7.77.